The average Bonchev–Trinajstić information content (AvgIpc) is 3.19. The van der Waals surface area contributed by atoms with Gasteiger partial charge < -0.3 is 14.6 Å². The Kier molecular flexibility index (Phi) is 7.29. The quantitative estimate of drug-likeness (QED) is 0.722. The van der Waals surface area contributed by atoms with Crippen LogP contribution in [0.15, 0.2) is 34.7 Å². The van der Waals surface area contributed by atoms with Crippen LogP contribution in [0.25, 0.3) is 11.3 Å². The molecule has 0 saturated carbocycles. The molecule has 1 aliphatic rings. The SMILES string of the molecule is Cl.O=C1CCCN1CCCNCc1ccc(-c2ccc(F)c(Cl)c2)o1. The fourth-order valence-corrected chi connectivity index (χ4v) is 3.00. The molecule has 1 fully saturated rings. The fraction of sp³-hybridized carbons (Fsp3) is 0.389. The van der Waals surface area contributed by atoms with Gasteiger partial charge in [0.15, 0.2) is 0 Å². The molecule has 2 heterocycles. The maximum absolute atomic E-state index is 13.2. The number of rotatable bonds is 7. The zero-order chi connectivity index (χ0) is 16.9. The van der Waals surface area contributed by atoms with E-state index < -0.39 is 5.82 Å². The summed E-state index contributed by atoms with van der Waals surface area (Å²) in [7, 11) is 0. The highest BCUT2D eigenvalue weighted by Crippen LogP contribution is 2.26. The minimum atomic E-state index is -0.439. The van der Waals surface area contributed by atoms with E-state index in [4.69, 9.17) is 16.0 Å². The minimum absolute atomic E-state index is 0. The monoisotopic (exact) mass is 386 g/mol. The normalized spacial score (nSPS) is 14.0. The molecular formula is C18H21Cl2FN2O2. The molecule has 1 aliphatic heterocycles. The molecule has 0 atom stereocenters. The van der Waals surface area contributed by atoms with Gasteiger partial charge >= 0.3 is 0 Å². The number of hydrogen-bond acceptors (Lipinski definition) is 3. The molecule has 0 spiro atoms. The number of likely N-dealkylation sites (tertiary alicyclic amines) is 1. The Balaban J connectivity index is 0.00000225. The van der Waals surface area contributed by atoms with E-state index >= 15 is 0 Å². The van der Waals surface area contributed by atoms with Crippen LogP contribution in [0, 0.1) is 5.82 Å². The van der Waals surface area contributed by atoms with Crippen molar-refractivity contribution in [2.75, 3.05) is 19.6 Å². The predicted octanol–water partition coefficient (Wildman–Crippen LogP) is 4.26. The molecule has 25 heavy (non-hydrogen) atoms. The molecule has 1 aromatic heterocycles. The van der Waals surface area contributed by atoms with E-state index in [-0.39, 0.29) is 23.3 Å². The molecule has 0 aliphatic carbocycles. The number of halogens is 3. The van der Waals surface area contributed by atoms with E-state index in [1.807, 2.05) is 17.0 Å². The van der Waals surface area contributed by atoms with Gasteiger partial charge in [-0.3, -0.25) is 4.79 Å². The Morgan fingerprint density at radius 1 is 1.28 bits per heavy atom. The number of hydrogen-bond donors (Lipinski definition) is 1. The van der Waals surface area contributed by atoms with Crippen molar-refractivity contribution in [2.24, 2.45) is 0 Å². The standard InChI is InChI=1S/C18H20ClFN2O2.ClH/c19-15-11-13(4-6-16(15)20)17-7-5-14(24-17)12-21-8-2-10-22-9-1-3-18(22)23;/h4-7,11,21H,1-3,8-10,12H2;1H. The lowest BCUT2D eigenvalue weighted by molar-refractivity contribution is -0.127. The summed E-state index contributed by atoms with van der Waals surface area (Å²) in [5, 5.41) is 3.39. The van der Waals surface area contributed by atoms with E-state index in [2.05, 4.69) is 5.32 Å². The van der Waals surface area contributed by atoms with Gasteiger partial charge in [-0.15, -0.1) is 12.4 Å². The smallest absolute Gasteiger partial charge is 0.222 e. The largest absolute Gasteiger partial charge is 0.460 e. The van der Waals surface area contributed by atoms with E-state index in [0.717, 1.165) is 43.8 Å². The molecule has 4 nitrogen and oxygen atoms in total. The van der Waals surface area contributed by atoms with Gasteiger partial charge in [0.25, 0.3) is 0 Å². The van der Waals surface area contributed by atoms with Crippen LogP contribution < -0.4 is 5.32 Å². The second-order valence-electron chi connectivity index (χ2n) is 5.91. The van der Waals surface area contributed by atoms with E-state index in [1.54, 1.807) is 12.1 Å². The molecule has 1 amide bonds. The van der Waals surface area contributed by atoms with Crippen LogP contribution >= 0.6 is 24.0 Å². The van der Waals surface area contributed by atoms with Crippen LogP contribution in [0.2, 0.25) is 5.02 Å². The van der Waals surface area contributed by atoms with Gasteiger partial charge in [-0.05, 0) is 49.7 Å². The summed E-state index contributed by atoms with van der Waals surface area (Å²) in [6.07, 6.45) is 2.59. The van der Waals surface area contributed by atoms with Gasteiger partial charge in [0, 0.05) is 25.1 Å². The highest BCUT2D eigenvalue weighted by atomic mass is 35.5. The van der Waals surface area contributed by atoms with Gasteiger partial charge in [-0.1, -0.05) is 11.6 Å². The fourth-order valence-electron chi connectivity index (χ4n) is 2.82. The van der Waals surface area contributed by atoms with Gasteiger partial charge in [-0.25, -0.2) is 4.39 Å². The Bertz CT molecular complexity index is 721. The topological polar surface area (TPSA) is 45.5 Å². The number of carbonyl (C=O) groups is 1. The third-order valence-corrected chi connectivity index (χ3v) is 4.41. The first-order valence-electron chi connectivity index (χ1n) is 8.16. The average molecular weight is 387 g/mol. The second-order valence-corrected chi connectivity index (χ2v) is 6.32. The maximum atomic E-state index is 13.2. The molecule has 0 unspecified atom stereocenters. The third-order valence-electron chi connectivity index (χ3n) is 4.12. The molecular weight excluding hydrogens is 366 g/mol. The molecule has 7 heteroatoms. The predicted molar refractivity (Wildman–Crippen MR) is 98.5 cm³/mol. The van der Waals surface area contributed by atoms with Crippen molar-refractivity contribution in [2.45, 2.75) is 25.8 Å². The number of benzene rings is 1. The van der Waals surface area contributed by atoms with Crippen LogP contribution in [-0.4, -0.2) is 30.4 Å². The number of amides is 1. The van der Waals surface area contributed by atoms with Crippen molar-refractivity contribution in [1.82, 2.24) is 10.2 Å². The molecule has 0 radical (unpaired) electrons. The number of nitrogens with one attached hydrogen (secondary N) is 1. The minimum Gasteiger partial charge on any atom is -0.460 e. The zero-order valence-electron chi connectivity index (χ0n) is 13.8. The van der Waals surface area contributed by atoms with Crippen LogP contribution in [-0.2, 0) is 11.3 Å². The number of nitrogens with zero attached hydrogens (tertiary/aromatic N) is 1. The van der Waals surface area contributed by atoms with Crippen LogP contribution in [0.4, 0.5) is 4.39 Å². The number of carbonyl (C=O) groups excluding carboxylic acids is 1. The Labute approximate surface area is 157 Å². The summed E-state index contributed by atoms with van der Waals surface area (Å²) in [5.74, 6) is 1.30. The van der Waals surface area contributed by atoms with Crippen molar-refractivity contribution in [1.29, 1.82) is 0 Å². The van der Waals surface area contributed by atoms with Gasteiger partial charge in [0.2, 0.25) is 5.91 Å². The lowest BCUT2D eigenvalue weighted by atomic mass is 10.2. The summed E-state index contributed by atoms with van der Waals surface area (Å²) in [6, 6.07) is 8.27. The summed E-state index contributed by atoms with van der Waals surface area (Å²) < 4.78 is 19.0. The summed E-state index contributed by atoms with van der Waals surface area (Å²) in [5.41, 5.74) is 0.750. The van der Waals surface area contributed by atoms with Gasteiger partial charge in [0.1, 0.15) is 17.3 Å². The second kappa shape index (κ2) is 9.22. The van der Waals surface area contributed by atoms with Gasteiger partial charge in [0.05, 0.1) is 11.6 Å². The lowest BCUT2D eigenvalue weighted by Crippen LogP contribution is -2.28. The summed E-state index contributed by atoms with van der Waals surface area (Å²) >= 11 is 5.80. The molecule has 136 valence electrons. The summed E-state index contributed by atoms with van der Waals surface area (Å²) in [4.78, 5) is 13.4. The molecule has 1 N–H and O–H groups in total. The first kappa shape index (κ1) is 19.8. The van der Waals surface area contributed by atoms with E-state index in [9.17, 15) is 9.18 Å². The third kappa shape index (κ3) is 5.21. The van der Waals surface area contributed by atoms with E-state index in [1.165, 1.54) is 6.07 Å². The molecule has 1 aromatic carbocycles. The van der Waals surface area contributed by atoms with Crippen LogP contribution in [0.1, 0.15) is 25.0 Å². The Hall–Kier alpha value is -1.56. The summed E-state index contributed by atoms with van der Waals surface area (Å²) in [6.45, 7) is 3.13. The molecule has 0 bridgehead atoms. The maximum Gasteiger partial charge on any atom is 0.222 e. The highest BCUT2D eigenvalue weighted by molar-refractivity contribution is 6.31. The molecule has 3 rings (SSSR count). The van der Waals surface area contributed by atoms with Crippen molar-refractivity contribution in [3.05, 3.63) is 46.9 Å². The molecule has 2 aromatic rings. The van der Waals surface area contributed by atoms with Crippen molar-refractivity contribution < 1.29 is 13.6 Å². The van der Waals surface area contributed by atoms with Gasteiger partial charge in [-0.2, -0.15) is 0 Å². The first-order chi connectivity index (χ1) is 11.6. The van der Waals surface area contributed by atoms with E-state index in [0.29, 0.717) is 18.7 Å². The lowest BCUT2D eigenvalue weighted by Gasteiger charge is -2.15. The Morgan fingerprint density at radius 3 is 2.84 bits per heavy atom. The number of furan rings is 1. The highest BCUT2D eigenvalue weighted by Gasteiger charge is 2.18. The van der Waals surface area contributed by atoms with Crippen molar-refractivity contribution >= 4 is 29.9 Å². The molecule has 1 saturated heterocycles. The van der Waals surface area contributed by atoms with Crippen molar-refractivity contribution in [3.63, 3.8) is 0 Å². The first-order valence-corrected chi connectivity index (χ1v) is 8.54. The Morgan fingerprint density at radius 2 is 2.12 bits per heavy atom. The van der Waals surface area contributed by atoms with Crippen LogP contribution in [0.5, 0.6) is 0 Å². The zero-order valence-corrected chi connectivity index (χ0v) is 15.3. The van der Waals surface area contributed by atoms with Crippen molar-refractivity contribution in [3.8, 4) is 11.3 Å². The van der Waals surface area contributed by atoms with Crippen LogP contribution in [0.3, 0.4) is 0 Å².